The van der Waals surface area contributed by atoms with Gasteiger partial charge in [0.1, 0.15) is 5.75 Å². The Morgan fingerprint density at radius 2 is 2.00 bits per heavy atom. The third-order valence-corrected chi connectivity index (χ3v) is 4.00. The molecular formula is C21H15FN4O2. The average molecular weight is 374 g/mol. The molecule has 0 amide bonds. The van der Waals surface area contributed by atoms with Gasteiger partial charge in [-0.1, -0.05) is 24.0 Å². The quantitative estimate of drug-likeness (QED) is 0.336. The average Bonchev–Trinajstić information content (AvgIpc) is 3.13. The number of ether oxygens (including phenoxy) is 2. The highest BCUT2D eigenvalue weighted by Gasteiger charge is 2.11. The van der Waals surface area contributed by atoms with Crippen molar-refractivity contribution in [3.63, 3.8) is 0 Å². The van der Waals surface area contributed by atoms with E-state index < -0.39 is 5.95 Å². The molecule has 138 valence electrons. The van der Waals surface area contributed by atoms with E-state index in [4.69, 9.17) is 9.47 Å². The lowest BCUT2D eigenvalue weighted by molar-refractivity contribution is 0.0515. The molecule has 0 unspecified atom stereocenters. The van der Waals surface area contributed by atoms with Crippen molar-refractivity contribution in [3.05, 3.63) is 71.9 Å². The Morgan fingerprint density at radius 1 is 1.11 bits per heavy atom. The largest absolute Gasteiger partial charge is 0.467 e. The van der Waals surface area contributed by atoms with Crippen molar-refractivity contribution in [1.29, 1.82) is 0 Å². The molecule has 4 rings (SSSR count). The minimum absolute atomic E-state index is 0.135. The number of rotatable bonds is 4. The monoisotopic (exact) mass is 374 g/mol. The van der Waals surface area contributed by atoms with Crippen LogP contribution in [0.5, 0.6) is 5.75 Å². The zero-order valence-electron chi connectivity index (χ0n) is 14.9. The molecular weight excluding hydrogens is 359 g/mol. The van der Waals surface area contributed by atoms with Crippen molar-refractivity contribution in [3.8, 4) is 28.8 Å². The number of pyridine rings is 1. The maximum Gasteiger partial charge on any atom is 0.214 e. The fourth-order valence-electron chi connectivity index (χ4n) is 2.70. The van der Waals surface area contributed by atoms with Crippen molar-refractivity contribution in [2.75, 3.05) is 13.9 Å². The van der Waals surface area contributed by atoms with E-state index >= 15 is 0 Å². The molecule has 0 bridgehead atoms. The van der Waals surface area contributed by atoms with E-state index in [1.165, 1.54) is 12.3 Å². The van der Waals surface area contributed by atoms with Gasteiger partial charge in [0, 0.05) is 42.1 Å². The summed E-state index contributed by atoms with van der Waals surface area (Å²) in [6.45, 7) is 0.135. The summed E-state index contributed by atoms with van der Waals surface area (Å²) in [5, 5.41) is 9.33. The van der Waals surface area contributed by atoms with Crippen LogP contribution >= 0.6 is 0 Å². The number of para-hydroxylation sites is 1. The minimum atomic E-state index is -0.563. The number of H-pyrrole nitrogens is 1. The Bertz CT molecular complexity index is 1190. The summed E-state index contributed by atoms with van der Waals surface area (Å²) in [5.41, 5.74) is 3.34. The summed E-state index contributed by atoms with van der Waals surface area (Å²) >= 11 is 0. The molecule has 28 heavy (non-hydrogen) atoms. The molecule has 7 heteroatoms. The Hall–Kier alpha value is -3.76. The number of halogens is 1. The van der Waals surface area contributed by atoms with E-state index in [1.807, 2.05) is 30.3 Å². The summed E-state index contributed by atoms with van der Waals surface area (Å²) in [6, 6.07) is 12.4. The SMILES string of the molecule is COCOc1ccccc1-c1cc2c(C#Cc3ccnc(F)c3)c[nH]c2nn1. The summed E-state index contributed by atoms with van der Waals surface area (Å²) < 4.78 is 23.8. The number of nitrogens with zero attached hydrogens (tertiary/aromatic N) is 3. The third-order valence-electron chi connectivity index (χ3n) is 4.00. The lowest BCUT2D eigenvalue weighted by Gasteiger charge is -2.09. The van der Waals surface area contributed by atoms with E-state index in [0.29, 0.717) is 22.7 Å². The third kappa shape index (κ3) is 3.68. The number of hydrogen-bond donors (Lipinski definition) is 1. The lowest BCUT2D eigenvalue weighted by Crippen LogP contribution is -2.00. The molecule has 0 saturated carbocycles. The van der Waals surface area contributed by atoms with Crippen LogP contribution in [-0.4, -0.2) is 34.1 Å². The number of aromatic nitrogens is 4. The van der Waals surface area contributed by atoms with Gasteiger partial charge in [0.15, 0.2) is 12.4 Å². The number of methoxy groups -OCH3 is 1. The van der Waals surface area contributed by atoms with Crippen molar-refractivity contribution in [2.45, 2.75) is 0 Å². The smallest absolute Gasteiger partial charge is 0.214 e. The van der Waals surface area contributed by atoms with Crippen LogP contribution in [0.4, 0.5) is 4.39 Å². The Kier molecular flexibility index (Phi) is 4.95. The molecule has 4 aromatic rings. The first-order valence-corrected chi connectivity index (χ1v) is 8.44. The molecule has 0 atom stereocenters. The van der Waals surface area contributed by atoms with E-state index in [-0.39, 0.29) is 6.79 Å². The van der Waals surface area contributed by atoms with Crippen molar-refractivity contribution in [1.82, 2.24) is 20.2 Å². The summed E-state index contributed by atoms with van der Waals surface area (Å²) in [6.07, 6.45) is 3.14. The normalized spacial score (nSPS) is 10.5. The summed E-state index contributed by atoms with van der Waals surface area (Å²) in [5.74, 6) is 6.07. The summed E-state index contributed by atoms with van der Waals surface area (Å²) in [4.78, 5) is 6.58. The van der Waals surface area contributed by atoms with Gasteiger partial charge in [-0.25, -0.2) is 4.98 Å². The molecule has 0 spiro atoms. The van der Waals surface area contributed by atoms with Crippen molar-refractivity contribution < 1.29 is 13.9 Å². The molecule has 0 radical (unpaired) electrons. The van der Waals surface area contributed by atoms with Gasteiger partial charge in [-0.2, -0.15) is 4.39 Å². The van der Waals surface area contributed by atoms with Crippen LogP contribution in [0.15, 0.2) is 54.9 Å². The zero-order valence-corrected chi connectivity index (χ0v) is 14.9. The Labute approximate surface area is 160 Å². The van der Waals surface area contributed by atoms with Gasteiger partial charge < -0.3 is 14.5 Å². The highest BCUT2D eigenvalue weighted by molar-refractivity contribution is 5.86. The first kappa shape index (κ1) is 17.6. The van der Waals surface area contributed by atoms with Crippen LogP contribution in [0.2, 0.25) is 0 Å². The lowest BCUT2D eigenvalue weighted by atomic mass is 10.1. The maximum atomic E-state index is 13.2. The van der Waals surface area contributed by atoms with Gasteiger partial charge >= 0.3 is 0 Å². The Morgan fingerprint density at radius 3 is 2.86 bits per heavy atom. The van der Waals surface area contributed by atoms with Crippen LogP contribution in [0.3, 0.4) is 0 Å². The highest BCUT2D eigenvalue weighted by Crippen LogP contribution is 2.30. The first-order valence-electron chi connectivity index (χ1n) is 8.44. The van der Waals surface area contributed by atoms with Crippen LogP contribution in [0.1, 0.15) is 11.1 Å². The maximum absolute atomic E-state index is 13.2. The van der Waals surface area contributed by atoms with Gasteiger partial charge in [-0.15, -0.1) is 10.2 Å². The second kappa shape index (κ2) is 7.86. The molecule has 0 saturated heterocycles. The topological polar surface area (TPSA) is 72.9 Å². The van der Waals surface area contributed by atoms with E-state index in [2.05, 4.69) is 32.0 Å². The number of fused-ring (bicyclic) bond motifs is 1. The van der Waals surface area contributed by atoms with Gasteiger partial charge in [0.25, 0.3) is 0 Å². The fraction of sp³-hybridized carbons (Fsp3) is 0.0952. The number of benzene rings is 1. The number of hydrogen-bond acceptors (Lipinski definition) is 5. The fourth-order valence-corrected chi connectivity index (χ4v) is 2.70. The molecule has 0 aliphatic rings. The van der Waals surface area contributed by atoms with Crippen LogP contribution in [-0.2, 0) is 4.74 Å². The standard InChI is InChI=1S/C21H15FN4O2/c1-27-13-28-19-5-3-2-4-16(19)18-11-17-15(12-24-21(17)26-25-18)7-6-14-8-9-23-20(22)10-14/h2-5,8-12H,13H2,1H3,(H,24,26). The van der Waals surface area contributed by atoms with Crippen LogP contribution < -0.4 is 4.74 Å². The predicted molar refractivity (Wildman–Crippen MR) is 102 cm³/mol. The molecule has 6 nitrogen and oxygen atoms in total. The highest BCUT2D eigenvalue weighted by atomic mass is 19.1. The summed E-state index contributed by atoms with van der Waals surface area (Å²) in [7, 11) is 1.56. The minimum Gasteiger partial charge on any atom is -0.467 e. The number of aromatic amines is 1. The molecule has 0 aliphatic heterocycles. The predicted octanol–water partition coefficient (Wildman–Crippen LogP) is 3.54. The molecule has 3 aromatic heterocycles. The van der Waals surface area contributed by atoms with E-state index in [9.17, 15) is 4.39 Å². The molecule has 0 aliphatic carbocycles. The number of nitrogens with one attached hydrogen (secondary N) is 1. The molecule has 1 aromatic carbocycles. The Balaban J connectivity index is 1.74. The van der Waals surface area contributed by atoms with Crippen molar-refractivity contribution in [2.24, 2.45) is 0 Å². The molecule has 0 fully saturated rings. The van der Waals surface area contributed by atoms with E-state index in [0.717, 1.165) is 16.5 Å². The van der Waals surface area contributed by atoms with E-state index in [1.54, 1.807) is 19.4 Å². The van der Waals surface area contributed by atoms with Crippen LogP contribution in [0, 0.1) is 17.8 Å². The van der Waals surface area contributed by atoms with Gasteiger partial charge in [0.05, 0.1) is 11.3 Å². The molecule has 3 heterocycles. The molecule has 1 N–H and O–H groups in total. The zero-order chi connectivity index (χ0) is 19.3. The van der Waals surface area contributed by atoms with Crippen molar-refractivity contribution >= 4 is 11.0 Å². The van der Waals surface area contributed by atoms with Crippen LogP contribution in [0.25, 0.3) is 22.3 Å². The second-order valence-corrected chi connectivity index (χ2v) is 5.86. The first-order chi connectivity index (χ1) is 13.7. The second-order valence-electron chi connectivity index (χ2n) is 5.86. The van der Waals surface area contributed by atoms with Gasteiger partial charge in [0.2, 0.25) is 5.95 Å². The van der Waals surface area contributed by atoms with Gasteiger partial charge in [-0.3, -0.25) is 0 Å². The van der Waals surface area contributed by atoms with Gasteiger partial charge in [-0.05, 0) is 24.3 Å².